The first-order valence-corrected chi connectivity index (χ1v) is 56.5. The van der Waals surface area contributed by atoms with E-state index >= 15 is 0 Å². The number of hydrogen-bond acceptors (Lipinski definition) is 18. The molecule has 804 valence electrons. The van der Waals surface area contributed by atoms with Crippen molar-refractivity contribution in [3.05, 3.63) is 155 Å². The lowest BCUT2D eigenvalue weighted by molar-refractivity contribution is 0.0505. The lowest BCUT2D eigenvalue weighted by atomic mass is 9.95. The number of hydrazine groups is 2. The fraction of sp³-hybridized carbons (Fsp3) is 0.769. The van der Waals surface area contributed by atoms with Crippen LogP contribution in [-0.4, -0.2) is 283 Å². The number of benzene rings is 4. The minimum Gasteiger partial charge on any atom is -0.366 e. The summed E-state index contributed by atoms with van der Waals surface area (Å²) in [4.78, 5) is 25.1. The van der Waals surface area contributed by atoms with Crippen molar-refractivity contribution in [2.45, 2.75) is 445 Å². The second kappa shape index (κ2) is 57.9. The molecule has 12 aliphatic heterocycles. The SMILES string of the molecule is CC(C)(C)N1CCCC1.CC(C)(C)N1CCCCC1.CC(C)(C)N1CCCCN1.CC(C)(C)N1CCCN1.CC(C)(C)N1CCCc2ccccc21.CC(C)(C)N1CCCc2ccccc2C1.CC(C)(C)N1CCNC1.CC(C)(C)N1CCNCC1.CC(C)(C)N1CCOC1.CC(C)(C)N1CCSC1.CC(C)(C)N1CCc2ccccc21.CC(C)(C)N1CCc2ccccc2C1.CC(C)(C)n1cccc1. The number of nitrogens with zero attached hydrogens (tertiary/aromatic N) is 13. The molecule has 8 saturated heterocycles. The standard InChI is InChI=1S/C14H21N.2C13H19N.C12H17N.C9H19N.2C8H18N2.C8H17N.C8H13N.2C7H16N2.C7H15NO.C7H15NS/c1-14(2,3)15-10-6-9-12-7-4-5-8-13(12)11-15;1-13(2,3)14-10-6-8-11-7-4-5-9-12(11)14;1-13(2,3)14-9-8-11-6-4-5-7-12(11)10-14;1-12(2,3)13-9-8-10-6-4-5-7-11(10)13;1-9(2,3)10-7-5-4-6-8-10;1-8(2,3)10-6-4-9-5-7-10;1-8(2,3)10-7-5-4-6-9-10;2*1-8(2,3)9-6-4-5-7-9;1-7(2,3)9-5-4-8-6-9;1-7(2,3)9-6-4-5-8-9;2*1-7(2,3)8-4-5-9-6-8/h4-5,7-8H,6,9-11H2,1-3H3;4-5,7,9H,6,8,10H2,1-3H3;4-7H,8-10H2,1-3H3;4-7H,8-9H2,1-3H3;4-8H2,1-3H3;2*9H,4-7H2,1-3H3;4-7H2,1-3H3;4-7H,1-3H3;2*8H,4-6H2,1-3H3;2*4-6H2,1-3H3. The van der Waals surface area contributed by atoms with Gasteiger partial charge in [-0.2, -0.15) is 0 Å². The minimum absolute atomic E-state index is 0.240. The van der Waals surface area contributed by atoms with Gasteiger partial charge in [0, 0.05) is 225 Å². The molecule has 4 aromatic carbocycles. The Balaban J connectivity index is 0.000000269. The van der Waals surface area contributed by atoms with Gasteiger partial charge in [0.1, 0.15) is 0 Å². The summed E-state index contributed by atoms with van der Waals surface area (Å²) in [5.74, 6) is 2.54. The van der Waals surface area contributed by atoms with Crippen molar-refractivity contribution in [3.8, 4) is 0 Å². The van der Waals surface area contributed by atoms with Crippen LogP contribution in [0.15, 0.2) is 122 Å². The summed E-state index contributed by atoms with van der Waals surface area (Å²) in [5.41, 5.74) is 22.8. The van der Waals surface area contributed by atoms with Gasteiger partial charge in [-0.25, -0.2) is 10.0 Å². The van der Waals surface area contributed by atoms with E-state index < -0.39 is 0 Å². The van der Waals surface area contributed by atoms with E-state index in [1.165, 1.54) is 232 Å². The molecule has 0 bridgehead atoms. The van der Waals surface area contributed by atoms with Crippen LogP contribution in [-0.2, 0) is 49.0 Å². The van der Waals surface area contributed by atoms with Crippen molar-refractivity contribution in [3.63, 3.8) is 0 Å². The summed E-state index contributed by atoms with van der Waals surface area (Å²) < 4.78 is 7.40. The molecule has 0 saturated carbocycles. The molecule has 0 spiro atoms. The summed E-state index contributed by atoms with van der Waals surface area (Å²) in [6.45, 7) is 117. The molecule has 1 aromatic heterocycles. The average molecular weight is 1960 g/mol. The number of fused-ring (bicyclic) bond motifs is 4. The van der Waals surface area contributed by atoms with E-state index in [1.54, 1.807) is 5.56 Å². The van der Waals surface area contributed by atoms with Crippen molar-refractivity contribution >= 4 is 23.1 Å². The molecule has 18 nitrogen and oxygen atoms in total. The molecule has 17 rings (SSSR count). The first kappa shape index (κ1) is 126. The van der Waals surface area contributed by atoms with Gasteiger partial charge in [-0.05, 0) is 444 Å². The van der Waals surface area contributed by atoms with Crippen molar-refractivity contribution in [1.82, 2.24) is 75.3 Å². The highest BCUT2D eigenvalue weighted by Gasteiger charge is 2.34. The Hall–Kier alpha value is -4.49. The first-order chi connectivity index (χ1) is 64.8. The highest BCUT2D eigenvalue weighted by molar-refractivity contribution is 7.99. The summed E-state index contributed by atoms with van der Waals surface area (Å²) >= 11 is 2.03. The largest absolute Gasteiger partial charge is 0.366 e. The van der Waals surface area contributed by atoms with E-state index in [-0.39, 0.29) is 27.7 Å². The normalized spacial score (nSPS) is 20.0. The maximum atomic E-state index is 5.21. The van der Waals surface area contributed by atoms with Gasteiger partial charge in [-0.15, -0.1) is 11.8 Å². The van der Waals surface area contributed by atoms with Crippen LogP contribution in [0, 0.1) is 0 Å². The van der Waals surface area contributed by atoms with E-state index in [0.717, 1.165) is 72.4 Å². The third-order valence-electron chi connectivity index (χ3n) is 28.6. The number of anilines is 2. The lowest BCUT2D eigenvalue weighted by Gasteiger charge is -2.41. The Bertz CT molecular complexity index is 3860. The van der Waals surface area contributed by atoms with Gasteiger partial charge in [-0.3, -0.25) is 50.1 Å². The minimum atomic E-state index is 0.240. The molecule has 0 atom stereocenters. The van der Waals surface area contributed by atoms with Crippen LogP contribution in [0.1, 0.15) is 368 Å². The van der Waals surface area contributed by atoms with Crippen LogP contribution in [0.5, 0.6) is 0 Å². The average Bonchev–Trinajstić information content (AvgIpc) is 1.65. The van der Waals surface area contributed by atoms with Gasteiger partial charge in [-0.1, -0.05) is 91.3 Å². The van der Waals surface area contributed by atoms with E-state index in [9.17, 15) is 0 Å². The zero-order chi connectivity index (χ0) is 105. The fourth-order valence-electron chi connectivity index (χ4n) is 19.0. The molecular formula is C121H223N17OS. The second-order valence-electron chi connectivity index (χ2n) is 53.6. The third kappa shape index (κ3) is 47.8. The third-order valence-corrected chi connectivity index (χ3v) is 29.6. The molecule has 5 aromatic rings. The summed E-state index contributed by atoms with van der Waals surface area (Å²) in [6.07, 6.45) is 22.6. The monoisotopic (exact) mass is 1960 g/mol. The Labute approximate surface area is 870 Å². The van der Waals surface area contributed by atoms with Gasteiger partial charge in [0.05, 0.1) is 13.3 Å². The fourth-order valence-corrected chi connectivity index (χ4v) is 20.2. The van der Waals surface area contributed by atoms with Gasteiger partial charge in [0.2, 0.25) is 0 Å². The van der Waals surface area contributed by atoms with Crippen LogP contribution in [0.3, 0.4) is 0 Å². The van der Waals surface area contributed by atoms with Crippen LogP contribution in [0.4, 0.5) is 11.4 Å². The van der Waals surface area contributed by atoms with E-state index in [0.29, 0.717) is 44.3 Å². The lowest BCUT2D eigenvalue weighted by Crippen LogP contribution is -2.53. The van der Waals surface area contributed by atoms with Crippen LogP contribution < -0.4 is 31.3 Å². The molecule has 0 aliphatic carbocycles. The van der Waals surface area contributed by atoms with Crippen molar-refractivity contribution in [2.24, 2.45) is 0 Å². The molecule has 4 N–H and O–H groups in total. The first-order valence-electron chi connectivity index (χ1n) is 55.3. The molecule has 8 fully saturated rings. The van der Waals surface area contributed by atoms with Crippen molar-refractivity contribution < 1.29 is 4.74 Å². The number of para-hydroxylation sites is 2. The quantitative estimate of drug-likeness (QED) is 0.118. The maximum absolute atomic E-state index is 5.21. The molecule has 0 amide bonds. The van der Waals surface area contributed by atoms with Crippen LogP contribution in [0.2, 0.25) is 0 Å². The highest BCUT2D eigenvalue weighted by atomic mass is 32.2. The molecule has 19 heteroatoms. The molecule has 140 heavy (non-hydrogen) atoms. The number of piperidine rings is 1. The van der Waals surface area contributed by atoms with E-state index in [4.69, 9.17) is 4.74 Å². The number of aromatic nitrogens is 1. The summed E-state index contributed by atoms with van der Waals surface area (Å²) in [7, 11) is 0. The number of ether oxygens (including phenoxy) is 1. The number of thioether (sulfide) groups is 1. The number of hydrogen-bond donors (Lipinski definition) is 4. The zero-order valence-corrected chi connectivity index (χ0v) is 99.5. The summed E-state index contributed by atoms with van der Waals surface area (Å²) in [5, 5.41) is 11.3. The predicted molar refractivity (Wildman–Crippen MR) is 617 cm³/mol. The Kier molecular flexibility index (Phi) is 52.1. The number of aryl methyl sites for hydroxylation is 2. The van der Waals surface area contributed by atoms with Gasteiger partial charge in [0.25, 0.3) is 0 Å². The topological polar surface area (TPSA) is 101 Å². The van der Waals surface area contributed by atoms with Gasteiger partial charge >= 0.3 is 0 Å². The van der Waals surface area contributed by atoms with Crippen molar-refractivity contribution in [1.29, 1.82) is 0 Å². The number of rotatable bonds is 0. The Morgan fingerprint density at radius 3 is 0.929 bits per heavy atom. The molecule has 12 aliphatic rings. The van der Waals surface area contributed by atoms with Crippen LogP contribution >= 0.6 is 11.8 Å². The molecule has 13 heterocycles. The second-order valence-corrected chi connectivity index (χ2v) is 54.7. The number of likely N-dealkylation sites (tertiary alicyclic amines) is 2. The van der Waals surface area contributed by atoms with E-state index in [1.807, 2.05) is 23.9 Å². The smallest absolute Gasteiger partial charge is 0.0995 e. The highest BCUT2D eigenvalue weighted by Crippen LogP contribution is 2.36. The number of nitrogens with one attached hydrogen (secondary N) is 4. The molecule has 0 radical (unpaired) electrons. The number of piperazine rings is 1. The summed E-state index contributed by atoms with van der Waals surface area (Å²) in [6, 6.07) is 39.3. The van der Waals surface area contributed by atoms with Gasteiger partial charge in [0.15, 0.2) is 0 Å². The Morgan fingerprint density at radius 2 is 0.593 bits per heavy atom. The zero-order valence-electron chi connectivity index (χ0n) is 98.7. The maximum Gasteiger partial charge on any atom is 0.0995 e. The molecular weight excluding hydrogens is 1740 g/mol. The van der Waals surface area contributed by atoms with Crippen LogP contribution in [0.25, 0.3) is 0 Å². The Morgan fingerprint density at radius 1 is 0.243 bits per heavy atom. The van der Waals surface area contributed by atoms with E-state index in [2.05, 4.69) is 465 Å². The predicted octanol–water partition coefficient (Wildman–Crippen LogP) is 25.1. The molecule has 0 unspecified atom stereocenters. The van der Waals surface area contributed by atoms with Crippen molar-refractivity contribution in [2.75, 3.05) is 172 Å². The van der Waals surface area contributed by atoms with Gasteiger partial charge < -0.3 is 29.7 Å².